The maximum absolute atomic E-state index is 12.2. The van der Waals surface area contributed by atoms with Crippen molar-refractivity contribution in [3.8, 4) is 0 Å². The van der Waals surface area contributed by atoms with Gasteiger partial charge in [0.2, 0.25) is 5.91 Å². The molecular formula is C14H21NO3. The van der Waals surface area contributed by atoms with Crippen LogP contribution in [-0.2, 0) is 9.59 Å². The quantitative estimate of drug-likeness (QED) is 0.755. The second kappa shape index (κ2) is 6.03. The number of hydrogen-bond donors (Lipinski definition) is 2. The van der Waals surface area contributed by atoms with E-state index in [1.54, 1.807) is 0 Å². The molecule has 0 unspecified atom stereocenters. The Balaban J connectivity index is 1.93. The van der Waals surface area contributed by atoms with Crippen molar-refractivity contribution >= 4 is 11.9 Å². The first-order chi connectivity index (χ1) is 8.68. The van der Waals surface area contributed by atoms with Gasteiger partial charge in [-0.15, -0.1) is 0 Å². The van der Waals surface area contributed by atoms with Crippen LogP contribution >= 0.6 is 0 Å². The average Bonchev–Trinajstić information content (AvgIpc) is 2.40. The van der Waals surface area contributed by atoms with E-state index in [-0.39, 0.29) is 11.9 Å². The predicted octanol–water partition coefficient (Wildman–Crippen LogP) is 2.10. The fourth-order valence-electron chi connectivity index (χ4n) is 2.93. The standard InChI is InChI=1S/C14H21NO3/c16-13(15-10-6-2-1-3-7-10)11-8-4-5-9-12(11)14(17)18/h4-5,10-12H,1-3,6-9H2,(H,15,16)(H,17,18)/t11-,12-/m1/s1. The second-order valence-electron chi connectivity index (χ2n) is 5.34. The monoisotopic (exact) mass is 251 g/mol. The first-order valence-electron chi connectivity index (χ1n) is 6.86. The maximum atomic E-state index is 12.2. The van der Waals surface area contributed by atoms with Crippen molar-refractivity contribution in [3.63, 3.8) is 0 Å². The first kappa shape index (κ1) is 13.1. The van der Waals surface area contributed by atoms with Crippen molar-refractivity contribution in [2.24, 2.45) is 11.8 Å². The first-order valence-corrected chi connectivity index (χ1v) is 6.86. The van der Waals surface area contributed by atoms with E-state index >= 15 is 0 Å². The zero-order valence-corrected chi connectivity index (χ0v) is 10.6. The molecule has 2 rings (SSSR count). The summed E-state index contributed by atoms with van der Waals surface area (Å²) in [5.41, 5.74) is 0. The van der Waals surface area contributed by atoms with E-state index in [9.17, 15) is 9.59 Å². The third kappa shape index (κ3) is 3.12. The fourth-order valence-corrected chi connectivity index (χ4v) is 2.93. The molecule has 0 spiro atoms. The van der Waals surface area contributed by atoms with Gasteiger partial charge in [0.1, 0.15) is 0 Å². The van der Waals surface area contributed by atoms with Crippen LogP contribution in [0.15, 0.2) is 12.2 Å². The van der Waals surface area contributed by atoms with E-state index in [1.807, 2.05) is 12.2 Å². The summed E-state index contributed by atoms with van der Waals surface area (Å²) >= 11 is 0. The molecule has 0 saturated heterocycles. The van der Waals surface area contributed by atoms with Gasteiger partial charge in [0.15, 0.2) is 0 Å². The van der Waals surface area contributed by atoms with Gasteiger partial charge < -0.3 is 10.4 Å². The molecule has 2 N–H and O–H groups in total. The molecule has 0 radical (unpaired) electrons. The molecule has 0 aromatic carbocycles. The highest BCUT2D eigenvalue weighted by molar-refractivity contribution is 5.85. The number of aliphatic carboxylic acids is 1. The van der Waals surface area contributed by atoms with Crippen LogP contribution in [0.3, 0.4) is 0 Å². The number of amides is 1. The topological polar surface area (TPSA) is 66.4 Å². The van der Waals surface area contributed by atoms with Crippen molar-refractivity contribution in [3.05, 3.63) is 12.2 Å². The summed E-state index contributed by atoms with van der Waals surface area (Å²) in [6.45, 7) is 0. The third-order valence-electron chi connectivity index (χ3n) is 4.04. The Morgan fingerprint density at radius 1 is 1.00 bits per heavy atom. The van der Waals surface area contributed by atoms with Crippen LogP contribution in [0.25, 0.3) is 0 Å². The summed E-state index contributed by atoms with van der Waals surface area (Å²) in [5, 5.41) is 12.2. The van der Waals surface area contributed by atoms with Crippen LogP contribution in [0, 0.1) is 11.8 Å². The zero-order chi connectivity index (χ0) is 13.0. The Labute approximate surface area is 107 Å². The van der Waals surface area contributed by atoms with E-state index in [0.717, 1.165) is 25.7 Å². The van der Waals surface area contributed by atoms with Gasteiger partial charge in [-0.1, -0.05) is 31.4 Å². The fraction of sp³-hybridized carbons (Fsp3) is 0.714. The highest BCUT2D eigenvalue weighted by atomic mass is 16.4. The Morgan fingerprint density at radius 3 is 2.22 bits per heavy atom. The van der Waals surface area contributed by atoms with Gasteiger partial charge in [0.05, 0.1) is 11.8 Å². The average molecular weight is 251 g/mol. The lowest BCUT2D eigenvalue weighted by atomic mass is 9.82. The molecule has 1 amide bonds. The molecule has 0 aromatic heterocycles. The van der Waals surface area contributed by atoms with E-state index in [1.165, 1.54) is 6.42 Å². The van der Waals surface area contributed by atoms with Crippen molar-refractivity contribution in [2.45, 2.75) is 51.0 Å². The van der Waals surface area contributed by atoms with Gasteiger partial charge in [-0.3, -0.25) is 9.59 Å². The summed E-state index contributed by atoms with van der Waals surface area (Å²) < 4.78 is 0. The number of carboxylic acid groups (broad SMARTS) is 1. The van der Waals surface area contributed by atoms with Crippen LogP contribution < -0.4 is 5.32 Å². The van der Waals surface area contributed by atoms with Gasteiger partial charge in [0.25, 0.3) is 0 Å². The van der Waals surface area contributed by atoms with Crippen LogP contribution in [0.4, 0.5) is 0 Å². The number of hydrogen-bond acceptors (Lipinski definition) is 2. The lowest BCUT2D eigenvalue weighted by Crippen LogP contribution is -2.44. The Kier molecular flexibility index (Phi) is 4.39. The SMILES string of the molecule is O=C(O)[C@@H]1CC=CC[C@H]1C(=O)NC1CCCCC1. The highest BCUT2D eigenvalue weighted by Crippen LogP contribution is 2.27. The summed E-state index contributed by atoms with van der Waals surface area (Å²) in [4.78, 5) is 23.3. The Hall–Kier alpha value is -1.32. The largest absolute Gasteiger partial charge is 0.481 e. The molecular weight excluding hydrogens is 230 g/mol. The molecule has 0 aliphatic heterocycles. The van der Waals surface area contributed by atoms with Gasteiger partial charge in [-0.2, -0.15) is 0 Å². The summed E-state index contributed by atoms with van der Waals surface area (Å²) in [5.74, 6) is -1.88. The second-order valence-corrected chi connectivity index (χ2v) is 5.34. The molecule has 2 aliphatic carbocycles. The van der Waals surface area contributed by atoms with Crippen molar-refractivity contribution in [1.29, 1.82) is 0 Å². The van der Waals surface area contributed by atoms with Crippen molar-refractivity contribution < 1.29 is 14.7 Å². The minimum absolute atomic E-state index is 0.0707. The number of nitrogens with one attached hydrogen (secondary N) is 1. The van der Waals surface area contributed by atoms with Gasteiger partial charge in [-0.25, -0.2) is 0 Å². The van der Waals surface area contributed by atoms with E-state index in [4.69, 9.17) is 5.11 Å². The molecule has 0 heterocycles. The lowest BCUT2D eigenvalue weighted by Gasteiger charge is -2.28. The number of allylic oxidation sites excluding steroid dienone is 2. The van der Waals surface area contributed by atoms with Gasteiger partial charge in [0, 0.05) is 6.04 Å². The van der Waals surface area contributed by atoms with Gasteiger partial charge >= 0.3 is 5.97 Å². The molecule has 4 heteroatoms. The molecule has 0 bridgehead atoms. The van der Waals surface area contributed by atoms with Crippen LogP contribution in [0.2, 0.25) is 0 Å². The molecule has 18 heavy (non-hydrogen) atoms. The number of rotatable bonds is 3. The van der Waals surface area contributed by atoms with Crippen molar-refractivity contribution in [1.82, 2.24) is 5.32 Å². The number of carbonyl (C=O) groups excluding carboxylic acids is 1. The minimum atomic E-state index is -0.858. The van der Waals surface area contributed by atoms with E-state index < -0.39 is 17.8 Å². The van der Waals surface area contributed by atoms with Gasteiger partial charge in [-0.05, 0) is 25.7 Å². The lowest BCUT2D eigenvalue weighted by molar-refractivity contribution is -0.147. The normalized spacial score (nSPS) is 28.9. The molecule has 1 fully saturated rings. The molecule has 0 aromatic rings. The maximum Gasteiger partial charge on any atom is 0.307 e. The summed E-state index contributed by atoms with van der Waals surface area (Å²) in [7, 11) is 0. The molecule has 2 atom stereocenters. The van der Waals surface area contributed by atoms with E-state index in [2.05, 4.69) is 5.32 Å². The van der Waals surface area contributed by atoms with Crippen LogP contribution in [0.1, 0.15) is 44.9 Å². The summed E-state index contributed by atoms with van der Waals surface area (Å²) in [6, 6.07) is 0.256. The third-order valence-corrected chi connectivity index (χ3v) is 4.04. The molecule has 4 nitrogen and oxygen atoms in total. The van der Waals surface area contributed by atoms with E-state index in [0.29, 0.717) is 12.8 Å². The summed E-state index contributed by atoms with van der Waals surface area (Å²) in [6.07, 6.45) is 10.4. The minimum Gasteiger partial charge on any atom is -0.481 e. The Morgan fingerprint density at radius 2 is 1.61 bits per heavy atom. The number of carboxylic acids is 1. The molecule has 2 aliphatic rings. The smallest absolute Gasteiger partial charge is 0.307 e. The Bertz CT molecular complexity index is 345. The molecule has 100 valence electrons. The molecule has 1 saturated carbocycles. The predicted molar refractivity (Wildman–Crippen MR) is 68.0 cm³/mol. The zero-order valence-electron chi connectivity index (χ0n) is 10.6. The highest BCUT2D eigenvalue weighted by Gasteiger charge is 2.34. The van der Waals surface area contributed by atoms with Crippen LogP contribution in [-0.4, -0.2) is 23.0 Å². The van der Waals surface area contributed by atoms with Crippen LogP contribution in [0.5, 0.6) is 0 Å². The number of carbonyl (C=O) groups is 2. The van der Waals surface area contributed by atoms with Crippen molar-refractivity contribution in [2.75, 3.05) is 0 Å².